The average molecular weight is 438 g/mol. The third-order valence-electron chi connectivity index (χ3n) is 4.35. The number of rotatable bonds is 4. The van der Waals surface area contributed by atoms with Gasteiger partial charge in [0.05, 0.1) is 11.4 Å². The predicted octanol–water partition coefficient (Wildman–Crippen LogP) is 5.54. The van der Waals surface area contributed by atoms with Crippen molar-refractivity contribution in [1.82, 2.24) is 4.57 Å². The fourth-order valence-corrected chi connectivity index (χ4v) is 3.46. The zero-order chi connectivity index (χ0) is 20.3. The fourth-order valence-electron chi connectivity index (χ4n) is 2.99. The van der Waals surface area contributed by atoms with Crippen LogP contribution >= 0.6 is 15.9 Å². The number of amides is 1. The maximum atomic E-state index is 13.8. The van der Waals surface area contributed by atoms with E-state index in [-0.39, 0.29) is 11.3 Å². The van der Waals surface area contributed by atoms with Crippen molar-refractivity contribution >= 4 is 33.6 Å². The molecule has 4 nitrogen and oxygen atoms in total. The second-order valence-electron chi connectivity index (χ2n) is 6.22. The summed E-state index contributed by atoms with van der Waals surface area (Å²) in [7, 11) is 0. The van der Waals surface area contributed by atoms with Crippen LogP contribution in [0.5, 0.6) is 0 Å². The highest BCUT2D eigenvalue weighted by atomic mass is 79.9. The average Bonchev–Trinajstić information content (AvgIpc) is 2.95. The van der Waals surface area contributed by atoms with Crippen molar-refractivity contribution in [2.24, 2.45) is 0 Å². The molecule has 6 heteroatoms. The van der Waals surface area contributed by atoms with Gasteiger partial charge >= 0.3 is 0 Å². The van der Waals surface area contributed by atoms with Crippen LogP contribution in [0.15, 0.2) is 64.6 Å². The molecule has 1 N–H and O–H groups in total. The van der Waals surface area contributed by atoms with Gasteiger partial charge in [0.2, 0.25) is 0 Å². The molecule has 140 valence electrons. The molecule has 1 aromatic heterocycles. The van der Waals surface area contributed by atoms with Gasteiger partial charge in [0, 0.05) is 15.9 Å². The summed E-state index contributed by atoms with van der Waals surface area (Å²) in [6.07, 6.45) is 1.52. The first-order valence-corrected chi connectivity index (χ1v) is 9.33. The van der Waals surface area contributed by atoms with E-state index < -0.39 is 11.7 Å². The monoisotopic (exact) mass is 437 g/mol. The molecule has 3 rings (SSSR count). The Balaban J connectivity index is 1.97. The molecule has 2 aromatic carbocycles. The first kappa shape index (κ1) is 19.6. The number of carbonyl (C=O) groups is 1. The summed E-state index contributed by atoms with van der Waals surface area (Å²) in [6.45, 7) is 3.87. The van der Waals surface area contributed by atoms with Crippen LogP contribution in [0.25, 0.3) is 11.8 Å². The lowest BCUT2D eigenvalue weighted by atomic mass is 10.1. The van der Waals surface area contributed by atoms with Crippen molar-refractivity contribution < 1.29 is 9.18 Å². The summed E-state index contributed by atoms with van der Waals surface area (Å²) >= 11 is 3.55. The van der Waals surface area contributed by atoms with E-state index in [0.29, 0.717) is 0 Å². The molecular formula is C22H17BrFN3O. The van der Waals surface area contributed by atoms with Crippen LogP contribution in [0.3, 0.4) is 0 Å². The van der Waals surface area contributed by atoms with Gasteiger partial charge in [-0.2, -0.15) is 5.26 Å². The largest absolute Gasteiger partial charge is 0.319 e. The Morgan fingerprint density at radius 2 is 1.86 bits per heavy atom. The third-order valence-corrected chi connectivity index (χ3v) is 5.02. The first-order chi connectivity index (χ1) is 13.4. The second-order valence-corrected chi connectivity index (χ2v) is 7.07. The molecule has 0 radical (unpaired) electrons. The van der Waals surface area contributed by atoms with Crippen molar-refractivity contribution in [3.05, 3.63) is 87.4 Å². The Morgan fingerprint density at radius 1 is 1.18 bits per heavy atom. The Labute approximate surface area is 171 Å². The lowest BCUT2D eigenvalue weighted by molar-refractivity contribution is -0.112. The Bertz CT molecular complexity index is 1130. The van der Waals surface area contributed by atoms with E-state index in [1.54, 1.807) is 6.07 Å². The molecule has 0 atom stereocenters. The summed E-state index contributed by atoms with van der Waals surface area (Å²) < 4.78 is 16.7. The van der Waals surface area contributed by atoms with E-state index in [1.165, 1.54) is 24.3 Å². The molecular weight excluding hydrogens is 421 g/mol. The number of aromatic nitrogens is 1. The molecule has 0 aliphatic rings. The lowest BCUT2D eigenvalue weighted by Gasteiger charge is -2.11. The number of anilines is 1. The Morgan fingerprint density at radius 3 is 2.54 bits per heavy atom. The summed E-state index contributed by atoms with van der Waals surface area (Å²) in [5, 5.41) is 11.9. The standard InChI is InChI=1S/C22H17BrFN3O/c1-14-11-16(15(2)27(14)21-10-6-3-7-18(21)23)12-17(13-25)22(28)26-20-9-5-4-8-19(20)24/h3-12H,1-2H3,(H,26,28)/b17-12-. The van der Waals surface area contributed by atoms with E-state index in [0.717, 1.165) is 27.1 Å². The van der Waals surface area contributed by atoms with E-state index in [2.05, 4.69) is 21.2 Å². The zero-order valence-electron chi connectivity index (χ0n) is 15.3. The van der Waals surface area contributed by atoms with Gasteiger partial charge in [-0.1, -0.05) is 24.3 Å². The summed E-state index contributed by atoms with van der Waals surface area (Å²) in [5.74, 6) is -1.21. The van der Waals surface area contributed by atoms with Crippen molar-refractivity contribution in [2.45, 2.75) is 13.8 Å². The normalized spacial score (nSPS) is 11.2. The molecule has 0 bridgehead atoms. The van der Waals surface area contributed by atoms with Gasteiger partial charge < -0.3 is 9.88 Å². The number of halogens is 2. The molecule has 1 heterocycles. The van der Waals surface area contributed by atoms with Crippen molar-refractivity contribution in [1.29, 1.82) is 5.26 Å². The topological polar surface area (TPSA) is 57.8 Å². The molecule has 0 unspecified atom stereocenters. The number of nitrogens with zero attached hydrogens (tertiary/aromatic N) is 2. The lowest BCUT2D eigenvalue weighted by Crippen LogP contribution is -2.14. The van der Waals surface area contributed by atoms with Crippen LogP contribution in [-0.4, -0.2) is 10.5 Å². The fraction of sp³-hybridized carbons (Fsp3) is 0.0909. The molecule has 1 amide bonds. The summed E-state index contributed by atoms with van der Waals surface area (Å²) in [4.78, 5) is 12.4. The van der Waals surface area contributed by atoms with Gasteiger partial charge in [-0.25, -0.2) is 4.39 Å². The molecule has 0 fully saturated rings. The van der Waals surface area contributed by atoms with Crippen molar-refractivity contribution in [2.75, 3.05) is 5.32 Å². The number of carbonyl (C=O) groups excluding carboxylic acids is 1. The van der Waals surface area contributed by atoms with Crippen LogP contribution in [0, 0.1) is 31.0 Å². The quantitative estimate of drug-likeness (QED) is 0.430. The SMILES string of the molecule is Cc1cc(/C=C(/C#N)C(=O)Nc2ccccc2F)c(C)n1-c1ccccc1Br. The molecule has 0 saturated carbocycles. The number of hydrogen-bond acceptors (Lipinski definition) is 2. The minimum atomic E-state index is -0.654. The number of hydrogen-bond donors (Lipinski definition) is 1. The van der Waals surface area contributed by atoms with E-state index >= 15 is 0 Å². The zero-order valence-corrected chi connectivity index (χ0v) is 16.9. The number of nitrogens with one attached hydrogen (secondary N) is 1. The maximum Gasteiger partial charge on any atom is 0.266 e. The first-order valence-electron chi connectivity index (χ1n) is 8.54. The Hall–Kier alpha value is -3.17. The van der Waals surface area contributed by atoms with Crippen LogP contribution in [-0.2, 0) is 4.79 Å². The highest BCUT2D eigenvalue weighted by Gasteiger charge is 2.15. The van der Waals surface area contributed by atoms with Crippen LogP contribution in [0.4, 0.5) is 10.1 Å². The summed E-state index contributed by atoms with van der Waals surface area (Å²) in [6, 6.07) is 17.4. The molecule has 28 heavy (non-hydrogen) atoms. The van der Waals surface area contributed by atoms with Gasteiger partial charge in [0.15, 0.2) is 0 Å². The van der Waals surface area contributed by atoms with Crippen LogP contribution in [0.2, 0.25) is 0 Å². The molecule has 0 spiro atoms. The molecule has 3 aromatic rings. The minimum absolute atomic E-state index is 0.0346. The molecule has 0 aliphatic heterocycles. The van der Waals surface area contributed by atoms with Gasteiger partial charge in [0.1, 0.15) is 17.5 Å². The van der Waals surface area contributed by atoms with Crippen molar-refractivity contribution in [3.8, 4) is 11.8 Å². The predicted molar refractivity (Wildman–Crippen MR) is 112 cm³/mol. The number of aryl methyl sites for hydroxylation is 1. The van der Waals surface area contributed by atoms with E-state index in [9.17, 15) is 14.4 Å². The third kappa shape index (κ3) is 3.90. The van der Waals surface area contributed by atoms with E-state index in [4.69, 9.17) is 0 Å². The number of benzene rings is 2. The second kappa shape index (κ2) is 8.24. The van der Waals surface area contributed by atoms with Gasteiger partial charge in [-0.05, 0) is 71.7 Å². The number of para-hydroxylation sites is 2. The highest BCUT2D eigenvalue weighted by Crippen LogP contribution is 2.27. The highest BCUT2D eigenvalue weighted by molar-refractivity contribution is 9.10. The minimum Gasteiger partial charge on any atom is -0.319 e. The Kier molecular flexibility index (Phi) is 5.76. The number of nitriles is 1. The van der Waals surface area contributed by atoms with Crippen LogP contribution < -0.4 is 5.32 Å². The van der Waals surface area contributed by atoms with Gasteiger partial charge in [-0.15, -0.1) is 0 Å². The van der Waals surface area contributed by atoms with Gasteiger partial charge in [0.25, 0.3) is 5.91 Å². The van der Waals surface area contributed by atoms with Crippen molar-refractivity contribution in [3.63, 3.8) is 0 Å². The smallest absolute Gasteiger partial charge is 0.266 e. The molecule has 0 aliphatic carbocycles. The van der Waals surface area contributed by atoms with Crippen LogP contribution in [0.1, 0.15) is 17.0 Å². The maximum absolute atomic E-state index is 13.8. The van der Waals surface area contributed by atoms with Gasteiger partial charge in [-0.3, -0.25) is 4.79 Å². The summed E-state index contributed by atoms with van der Waals surface area (Å²) in [5.41, 5.74) is 3.49. The van der Waals surface area contributed by atoms with E-state index in [1.807, 2.05) is 54.8 Å². The molecule has 0 saturated heterocycles.